The molecule has 3 rings (SSSR count). The maximum atomic E-state index is 14.0. The summed E-state index contributed by atoms with van der Waals surface area (Å²) < 4.78 is 40.9. The summed E-state index contributed by atoms with van der Waals surface area (Å²) in [4.78, 5) is 13.1. The number of nitrogens with one attached hydrogen (secondary N) is 2. The fraction of sp³-hybridized carbons (Fsp3) is 0.150. The van der Waals surface area contributed by atoms with Crippen LogP contribution in [0.3, 0.4) is 0 Å². The highest BCUT2D eigenvalue weighted by Crippen LogP contribution is 2.33. The number of carbonyl (C=O) groups is 1. The number of aryl methyl sites for hydroxylation is 1. The van der Waals surface area contributed by atoms with Gasteiger partial charge in [-0.15, -0.1) is 17.9 Å². The summed E-state index contributed by atoms with van der Waals surface area (Å²) in [6.07, 6.45) is 1.47. The number of rotatable bonds is 7. The lowest BCUT2D eigenvalue weighted by Gasteiger charge is -2.07. The number of fused-ring (bicyclic) bond motifs is 1. The van der Waals surface area contributed by atoms with E-state index < -0.39 is 10.0 Å². The molecule has 0 radical (unpaired) electrons. The molecule has 2 N–H and O–H groups in total. The normalized spacial score (nSPS) is 11.5. The molecule has 28 heavy (non-hydrogen) atoms. The van der Waals surface area contributed by atoms with Crippen LogP contribution in [0.2, 0.25) is 0 Å². The van der Waals surface area contributed by atoms with Gasteiger partial charge in [0.05, 0.1) is 10.6 Å². The Labute approximate surface area is 166 Å². The Morgan fingerprint density at radius 2 is 1.93 bits per heavy atom. The van der Waals surface area contributed by atoms with E-state index in [9.17, 15) is 17.6 Å². The predicted octanol–water partition coefficient (Wildman–Crippen LogP) is 4.21. The molecule has 1 amide bonds. The van der Waals surface area contributed by atoms with Crippen molar-refractivity contribution < 1.29 is 17.6 Å². The maximum Gasteiger partial charge on any atom is 0.266 e. The fourth-order valence-corrected chi connectivity index (χ4v) is 5.02. The van der Waals surface area contributed by atoms with Crippen LogP contribution in [0.15, 0.2) is 55.1 Å². The number of carbonyl (C=O) groups excluding carboxylic acids is 1. The summed E-state index contributed by atoms with van der Waals surface area (Å²) in [5.41, 5.74) is 1.73. The zero-order chi connectivity index (χ0) is 20.3. The van der Waals surface area contributed by atoms with Crippen LogP contribution in [0.25, 0.3) is 10.1 Å². The molecule has 2 aromatic carbocycles. The summed E-state index contributed by atoms with van der Waals surface area (Å²) in [6.45, 7) is 5.37. The predicted molar refractivity (Wildman–Crippen MR) is 112 cm³/mol. The van der Waals surface area contributed by atoms with E-state index >= 15 is 0 Å². The summed E-state index contributed by atoms with van der Waals surface area (Å²) in [5.74, 6) is -0.837. The van der Waals surface area contributed by atoms with Crippen molar-refractivity contribution in [3.63, 3.8) is 0 Å². The minimum absolute atomic E-state index is 0.163. The number of hydrogen-bond donors (Lipinski definition) is 2. The second-order valence-electron chi connectivity index (χ2n) is 6.22. The molecule has 0 aliphatic rings. The van der Waals surface area contributed by atoms with Crippen LogP contribution in [0.4, 0.5) is 10.1 Å². The molecule has 1 heterocycles. The minimum Gasteiger partial charge on any atom is -0.321 e. The average molecular weight is 419 g/mol. The quantitative estimate of drug-likeness (QED) is 0.565. The number of anilines is 1. The summed E-state index contributed by atoms with van der Waals surface area (Å²) in [5, 5.41) is 3.24. The van der Waals surface area contributed by atoms with E-state index in [1.807, 2.05) is 0 Å². The molecule has 5 nitrogen and oxygen atoms in total. The molecule has 146 valence electrons. The fourth-order valence-electron chi connectivity index (χ4n) is 2.80. The number of benzene rings is 2. The second kappa shape index (κ2) is 8.22. The monoisotopic (exact) mass is 418 g/mol. The van der Waals surface area contributed by atoms with Crippen LogP contribution in [0, 0.1) is 12.7 Å². The van der Waals surface area contributed by atoms with Crippen LogP contribution in [0.5, 0.6) is 0 Å². The minimum atomic E-state index is -3.44. The summed E-state index contributed by atoms with van der Waals surface area (Å²) in [7, 11) is -3.44. The van der Waals surface area contributed by atoms with Crippen LogP contribution < -0.4 is 10.0 Å². The van der Waals surface area contributed by atoms with E-state index in [0.29, 0.717) is 27.1 Å². The summed E-state index contributed by atoms with van der Waals surface area (Å²) >= 11 is 1.24. The smallest absolute Gasteiger partial charge is 0.266 e. The molecule has 0 bridgehead atoms. The van der Waals surface area contributed by atoms with Crippen molar-refractivity contribution in [1.29, 1.82) is 0 Å². The number of amides is 1. The van der Waals surface area contributed by atoms with Crippen LogP contribution in [-0.2, 0) is 15.8 Å². The second-order valence-corrected chi connectivity index (χ2v) is 9.08. The highest BCUT2D eigenvalue weighted by Gasteiger charge is 2.18. The first-order valence-corrected chi connectivity index (χ1v) is 10.9. The van der Waals surface area contributed by atoms with Crippen molar-refractivity contribution in [1.82, 2.24) is 4.72 Å². The molecule has 3 aromatic rings. The lowest BCUT2D eigenvalue weighted by Crippen LogP contribution is -2.25. The Kier molecular flexibility index (Phi) is 5.93. The SMILES string of the molecule is C=CCNS(=O)(=O)Cc1ccc(NC(=O)c2sc3cccc(F)c3c2C)cc1. The van der Waals surface area contributed by atoms with Crippen molar-refractivity contribution in [2.75, 3.05) is 11.9 Å². The molecule has 0 fully saturated rings. The van der Waals surface area contributed by atoms with Gasteiger partial charge < -0.3 is 5.32 Å². The first kappa shape index (κ1) is 20.2. The summed E-state index contributed by atoms with van der Waals surface area (Å²) in [6, 6.07) is 11.3. The zero-order valence-corrected chi connectivity index (χ0v) is 16.8. The largest absolute Gasteiger partial charge is 0.321 e. The Bertz CT molecular complexity index is 1140. The van der Waals surface area contributed by atoms with Gasteiger partial charge in [-0.1, -0.05) is 24.3 Å². The molecule has 0 spiro atoms. The lowest BCUT2D eigenvalue weighted by molar-refractivity contribution is 0.103. The van der Waals surface area contributed by atoms with Crippen molar-refractivity contribution in [3.05, 3.63) is 76.9 Å². The molecule has 0 aliphatic carbocycles. The highest BCUT2D eigenvalue weighted by molar-refractivity contribution is 7.88. The van der Waals surface area contributed by atoms with Crippen molar-refractivity contribution in [2.24, 2.45) is 0 Å². The van der Waals surface area contributed by atoms with Gasteiger partial charge in [0.15, 0.2) is 0 Å². The van der Waals surface area contributed by atoms with Gasteiger partial charge in [0.1, 0.15) is 5.82 Å². The first-order chi connectivity index (χ1) is 13.3. The average Bonchev–Trinajstić information content (AvgIpc) is 2.99. The zero-order valence-electron chi connectivity index (χ0n) is 15.2. The van der Waals surface area contributed by atoms with Gasteiger partial charge in [0.25, 0.3) is 5.91 Å². The van der Waals surface area contributed by atoms with Crippen LogP contribution >= 0.6 is 11.3 Å². The van der Waals surface area contributed by atoms with E-state index in [4.69, 9.17) is 0 Å². The van der Waals surface area contributed by atoms with Gasteiger partial charge in [-0.2, -0.15) is 0 Å². The van der Waals surface area contributed by atoms with E-state index in [0.717, 1.165) is 4.70 Å². The van der Waals surface area contributed by atoms with E-state index in [-0.39, 0.29) is 24.0 Å². The van der Waals surface area contributed by atoms with Gasteiger partial charge in [0.2, 0.25) is 10.0 Å². The molecule has 0 atom stereocenters. The Morgan fingerprint density at radius 3 is 2.57 bits per heavy atom. The van der Waals surface area contributed by atoms with Crippen molar-refractivity contribution in [3.8, 4) is 0 Å². The van der Waals surface area contributed by atoms with E-state index in [1.165, 1.54) is 23.5 Å². The molecular formula is C20H19FN2O3S2. The van der Waals surface area contributed by atoms with Crippen molar-refractivity contribution >= 4 is 43.0 Å². The number of sulfonamides is 1. The molecule has 0 unspecified atom stereocenters. The Hall–Kier alpha value is -2.55. The van der Waals surface area contributed by atoms with Crippen molar-refractivity contribution in [2.45, 2.75) is 12.7 Å². The lowest BCUT2D eigenvalue weighted by atomic mass is 10.1. The molecule has 8 heteroatoms. The standard InChI is InChI=1S/C20H19FN2O3S2/c1-3-11-22-28(25,26)12-14-7-9-15(10-8-14)23-20(24)19-13(2)18-16(21)5-4-6-17(18)27-19/h3-10,22H,1,11-12H2,2H3,(H,23,24). The topological polar surface area (TPSA) is 75.3 Å². The number of halogens is 1. The molecular weight excluding hydrogens is 399 g/mol. The van der Waals surface area contributed by atoms with E-state index in [1.54, 1.807) is 43.3 Å². The molecule has 0 saturated heterocycles. The van der Waals surface area contributed by atoms with Gasteiger partial charge >= 0.3 is 0 Å². The van der Waals surface area contributed by atoms with Crippen LogP contribution in [0.1, 0.15) is 20.8 Å². The van der Waals surface area contributed by atoms with Gasteiger partial charge in [-0.05, 0) is 42.3 Å². The first-order valence-electron chi connectivity index (χ1n) is 8.47. The van der Waals surface area contributed by atoms with Crippen LogP contribution in [-0.4, -0.2) is 20.9 Å². The highest BCUT2D eigenvalue weighted by atomic mass is 32.2. The third-order valence-electron chi connectivity index (χ3n) is 4.13. The third kappa shape index (κ3) is 4.46. The Morgan fingerprint density at radius 1 is 1.21 bits per heavy atom. The molecule has 1 aromatic heterocycles. The van der Waals surface area contributed by atoms with Gasteiger partial charge in [0, 0.05) is 22.3 Å². The maximum absolute atomic E-state index is 14.0. The molecule has 0 aliphatic heterocycles. The number of thiophene rings is 1. The molecule has 0 saturated carbocycles. The van der Waals surface area contributed by atoms with Gasteiger partial charge in [-0.3, -0.25) is 4.79 Å². The Balaban J connectivity index is 1.74. The number of hydrogen-bond acceptors (Lipinski definition) is 4. The van der Waals surface area contributed by atoms with Gasteiger partial charge in [-0.25, -0.2) is 17.5 Å². The van der Waals surface area contributed by atoms with E-state index in [2.05, 4.69) is 16.6 Å². The third-order valence-corrected chi connectivity index (χ3v) is 6.70.